The van der Waals surface area contributed by atoms with Gasteiger partial charge in [-0.3, -0.25) is 9.00 Å². The zero-order chi connectivity index (χ0) is 13.8. The average molecular weight is 268 g/mol. The van der Waals surface area contributed by atoms with Gasteiger partial charge in [-0.25, -0.2) is 0 Å². The molecule has 4 nitrogen and oxygen atoms in total. The fourth-order valence-corrected chi connectivity index (χ4v) is 2.26. The fourth-order valence-electron chi connectivity index (χ4n) is 1.28. The molecule has 0 aliphatic rings. The molecule has 0 saturated carbocycles. The lowest BCUT2D eigenvalue weighted by molar-refractivity contribution is -0.115. The minimum Gasteiger partial charge on any atom is -0.399 e. The highest BCUT2D eigenvalue weighted by Gasteiger charge is 2.19. The summed E-state index contributed by atoms with van der Waals surface area (Å²) in [6, 6.07) is 6.94. The van der Waals surface area contributed by atoms with Crippen LogP contribution in [0.4, 0.5) is 11.4 Å². The van der Waals surface area contributed by atoms with Gasteiger partial charge in [0.2, 0.25) is 5.91 Å². The summed E-state index contributed by atoms with van der Waals surface area (Å²) in [7, 11) is -1.00. The van der Waals surface area contributed by atoms with Crippen LogP contribution in [-0.2, 0) is 15.6 Å². The largest absolute Gasteiger partial charge is 0.399 e. The molecule has 1 unspecified atom stereocenters. The van der Waals surface area contributed by atoms with E-state index in [0.717, 1.165) is 0 Å². The molecule has 0 fully saturated rings. The van der Waals surface area contributed by atoms with Crippen LogP contribution in [0.2, 0.25) is 0 Å². The minimum atomic E-state index is -1.00. The highest BCUT2D eigenvalue weighted by molar-refractivity contribution is 7.86. The topological polar surface area (TPSA) is 72.2 Å². The van der Waals surface area contributed by atoms with Crippen molar-refractivity contribution in [1.29, 1.82) is 0 Å². The van der Waals surface area contributed by atoms with E-state index in [0.29, 0.717) is 17.1 Å². The monoisotopic (exact) mass is 268 g/mol. The van der Waals surface area contributed by atoms with Gasteiger partial charge in [-0.05, 0) is 45.0 Å². The van der Waals surface area contributed by atoms with Gasteiger partial charge in [0.15, 0.2) is 0 Å². The van der Waals surface area contributed by atoms with Crippen LogP contribution in [0.3, 0.4) is 0 Å². The van der Waals surface area contributed by atoms with Gasteiger partial charge in [-0.15, -0.1) is 0 Å². The van der Waals surface area contributed by atoms with E-state index in [1.54, 1.807) is 24.3 Å². The van der Waals surface area contributed by atoms with Gasteiger partial charge in [-0.2, -0.15) is 0 Å². The Morgan fingerprint density at radius 1 is 1.28 bits per heavy atom. The lowest BCUT2D eigenvalue weighted by Gasteiger charge is -2.17. The minimum absolute atomic E-state index is 0.127. The Hall–Kier alpha value is -1.36. The molecule has 1 aromatic rings. The van der Waals surface area contributed by atoms with Crippen LogP contribution < -0.4 is 11.1 Å². The molecule has 0 saturated heterocycles. The van der Waals surface area contributed by atoms with Crippen LogP contribution in [0, 0.1) is 0 Å². The Balaban J connectivity index is 2.43. The first-order valence-electron chi connectivity index (χ1n) is 5.83. The quantitative estimate of drug-likeness (QED) is 0.822. The second kappa shape index (κ2) is 6.00. The van der Waals surface area contributed by atoms with E-state index in [4.69, 9.17) is 5.73 Å². The molecule has 1 amide bonds. The number of carbonyl (C=O) groups is 1. The van der Waals surface area contributed by atoms with Crippen molar-refractivity contribution < 1.29 is 9.00 Å². The van der Waals surface area contributed by atoms with Gasteiger partial charge < -0.3 is 11.1 Å². The Morgan fingerprint density at radius 2 is 1.83 bits per heavy atom. The van der Waals surface area contributed by atoms with E-state index in [2.05, 4.69) is 5.32 Å². The van der Waals surface area contributed by atoms with E-state index in [1.807, 2.05) is 20.8 Å². The highest BCUT2D eigenvalue weighted by Crippen LogP contribution is 2.13. The van der Waals surface area contributed by atoms with Gasteiger partial charge in [0, 0.05) is 39.1 Å². The number of hydrogen-bond donors (Lipinski definition) is 2. The van der Waals surface area contributed by atoms with E-state index in [-0.39, 0.29) is 17.1 Å². The van der Waals surface area contributed by atoms with Crippen molar-refractivity contribution in [1.82, 2.24) is 0 Å². The predicted molar refractivity (Wildman–Crippen MR) is 76.9 cm³/mol. The smallest absolute Gasteiger partial charge is 0.225 e. The molecule has 18 heavy (non-hydrogen) atoms. The number of hydrogen-bond acceptors (Lipinski definition) is 3. The van der Waals surface area contributed by atoms with Crippen molar-refractivity contribution in [2.45, 2.75) is 31.9 Å². The van der Waals surface area contributed by atoms with Crippen molar-refractivity contribution in [2.24, 2.45) is 0 Å². The van der Waals surface area contributed by atoms with E-state index in [1.165, 1.54) is 0 Å². The SMILES string of the molecule is CC(C)(C)S(=O)CCC(=O)Nc1ccc(N)cc1. The van der Waals surface area contributed by atoms with Crippen LogP contribution in [0.25, 0.3) is 0 Å². The number of carbonyl (C=O) groups excluding carboxylic acids is 1. The van der Waals surface area contributed by atoms with Gasteiger partial charge in [0.25, 0.3) is 0 Å². The number of amides is 1. The predicted octanol–water partition coefficient (Wildman–Crippen LogP) is 2.14. The van der Waals surface area contributed by atoms with E-state index >= 15 is 0 Å². The molecule has 0 spiro atoms. The Kier molecular flexibility index (Phi) is 4.90. The molecule has 0 aliphatic heterocycles. The number of anilines is 2. The second-order valence-electron chi connectivity index (χ2n) is 5.08. The summed E-state index contributed by atoms with van der Waals surface area (Å²) in [4.78, 5) is 11.7. The molecule has 3 N–H and O–H groups in total. The third-order valence-electron chi connectivity index (χ3n) is 2.39. The first kappa shape index (κ1) is 14.7. The maximum Gasteiger partial charge on any atom is 0.225 e. The number of nitrogens with two attached hydrogens (primary N) is 1. The molecule has 0 heterocycles. The summed E-state index contributed by atoms with van der Waals surface area (Å²) in [5.41, 5.74) is 6.91. The average Bonchev–Trinajstić information content (AvgIpc) is 2.28. The molecule has 100 valence electrons. The molecule has 1 rings (SSSR count). The van der Waals surface area contributed by atoms with Gasteiger partial charge in [0.05, 0.1) is 0 Å². The van der Waals surface area contributed by atoms with Crippen molar-refractivity contribution in [2.75, 3.05) is 16.8 Å². The van der Waals surface area contributed by atoms with E-state index < -0.39 is 10.8 Å². The summed E-state index contributed by atoms with van der Waals surface area (Å²) in [5.74, 6) is 0.252. The highest BCUT2D eigenvalue weighted by atomic mass is 32.2. The van der Waals surface area contributed by atoms with Crippen molar-refractivity contribution >= 4 is 28.1 Å². The van der Waals surface area contributed by atoms with Crippen LogP contribution in [0.15, 0.2) is 24.3 Å². The normalized spacial score (nSPS) is 13.1. The van der Waals surface area contributed by atoms with Crippen LogP contribution in [-0.4, -0.2) is 20.6 Å². The zero-order valence-electron chi connectivity index (χ0n) is 11.0. The Bertz CT molecular complexity index is 435. The third-order valence-corrected chi connectivity index (χ3v) is 4.33. The number of nitrogen functional groups attached to an aromatic ring is 1. The Labute approximate surface area is 110 Å². The molecule has 0 bridgehead atoms. The second-order valence-corrected chi connectivity index (χ2v) is 7.41. The number of rotatable bonds is 4. The summed E-state index contributed by atoms with van der Waals surface area (Å²) in [5, 5.41) is 2.75. The van der Waals surface area contributed by atoms with Crippen molar-refractivity contribution in [3.8, 4) is 0 Å². The molecule has 0 aromatic heterocycles. The summed E-state index contributed by atoms with van der Waals surface area (Å²) < 4.78 is 11.5. The van der Waals surface area contributed by atoms with Crippen LogP contribution in [0.5, 0.6) is 0 Å². The molecule has 0 aliphatic carbocycles. The lowest BCUT2D eigenvalue weighted by Crippen LogP contribution is -2.26. The van der Waals surface area contributed by atoms with Crippen LogP contribution in [0.1, 0.15) is 27.2 Å². The molecular weight excluding hydrogens is 248 g/mol. The molecule has 1 aromatic carbocycles. The van der Waals surface area contributed by atoms with Crippen molar-refractivity contribution in [3.05, 3.63) is 24.3 Å². The number of benzene rings is 1. The lowest BCUT2D eigenvalue weighted by atomic mass is 10.3. The maximum absolute atomic E-state index is 11.8. The van der Waals surface area contributed by atoms with Crippen molar-refractivity contribution in [3.63, 3.8) is 0 Å². The summed E-state index contributed by atoms with van der Waals surface area (Å²) in [6.07, 6.45) is 0.258. The maximum atomic E-state index is 11.8. The molecular formula is C13H20N2O2S. The van der Waals surface area contributed by atoms with Gasteiger partial charge >= 0.3 is 0 Å². The molecule has 0 radical (unpaired) electrons. The Morgan fingerprint density at radius 3 is 2.33 bits per heavy atom. The first-order valence-corrected chi connectivity index (χ1v) is 7.15. The van der Waals surface area contributed by atoms with Crippen LogP contribution >= 0.6 is 0 Å². The van der Waals surface area contributed by atoms with E-state index in [9.17, 15) is 9.00 Å². The third kappa shape index (κ3) is 4.87. The zero-order valence-corrected chi connectivity index (χ0v) is 11.8. The van der Waals surface area contributed by atoms with Gasteiger partial charge in [-0.1, -0.05) is 0 Å². The molecule has 5 heteroatoms. The van der Waals surface area contributed by atoms with Gasteiger partial charge in [0.1, 0.15) is 0 Å². The summed E-state index contributed by atoms with van der Waals surface area (Å²) in [6.45, 7) is 5.71. The first-order chi connectivity index (χ1) is 8.29. The summed E-state index contributed by atoms with van der Waals surface area (Å²) >= 11 is 0. The molecule has 1 atom stereocenters. The standard InChI is InChI=1S/C13H20N2O2S/c1-13(2,3)18(17)9-8-12(16)15-11-6-4-10(14)5-7-11/h4-7H,8-9,14H2,1-3H3,(H,15,16). The fraction of sp³-hybridized carbons (Fsp3) is 0.462. The number of nitrogens with one attached hydrogen (secondary N) is 1.